The fraction of sp³-hybridized carbons (Fsp3) is 0.364. The molecule has 0 aliphatic carbocycles. The Balaban J connectivity index is 1.33. The first-order chi connectivity index (χ1) is 16.4. The van der Waals surface area contributed by atoms with Gasteiger partial charge in [0.1, 0.15) is 42.5 Å². The maximum Gasteiger partial charge on any atom is 0.237 e. The lowest BCUT2D eigenvalue weighted by atomic mass is 10.1. The zero-order chi connectivity index (χ0) is 24.2. The van der Waals surface area contributed by atoms with Gasteiger partial charge in [-0.05, 0) is 24.1 Å². The number of fused-ring (bicyclic) bond motifs is 1. The molecule has 12 heteroatoms. The average Bonchev–Trinajstić information content (AvgIpc) is 3.39. The van der Waals surface area contributed by atoms with Crippen molar-refractivity contribution in [2.24, 2.45) is 5.73 Å². The summed E-state index contributed by atoms with van der Waals surface area (Å²) in [5.41, 5.74) is 13.4. The van der Waals surface area contributed by atoms with Crippen LogP contribution in [-0.4, -0.2) is 73.1 Å². The molecule has 3 heterocycles. The molecule has 180 valence electrons. The number of hydrogen-bond donors (Lipinski definition) is 5. The molecule has 34 heavy (non-hydrogen) atoms. The van der Waals surface area contributed by atoms with Crippen LogP contribution in [0.1, 0.15) is 11.8 Å². The maximum absolute atomic E-state index is 12.5. The van der Waals surface area contributed by atoms with Crippen molar-refractivity contribution in [3.8, 4) is 5.75 Å². The van der Waals surface area contributed by atoms with Crippen LogP contribution < -0.4 is 21.5 Å². The van der Waals surface area contributed by atoms with Crippen molar-refractivity contribution < 1.29 is 24.5 Å². The SMILES string of the molecule is C=CCOc1ccc(C[C@H](N)C(=O)NC[C@H]2O[C@@H](n3cnc4c(N)ncnc43)[C@H](O)[C@@H]2O)cc1. The predicted molar refractivity (Wildman–Crippen MR) is 122 cm³/mol. The highest BCUT2D eigenvalue weighted by Crippen LogP contribution is 2.31. The van der Waals surface area contributed by atoms with Crippen molar-refractivity contribution in [2.75, 3.05) is 18.9 Å². The molecule has 4 rings (SSSR count). The van der Waals surface area contributed by atoms with Crippen LogP contribution in [0.4, 0.5) is 5.82 Å². The standard InChI is InChI=1S/C22H27N7O5/c1-2-7-33-13-5-3-12(4-6-13)8-14(23)21(32)25-9-15-17(30)18(31)22(34-15)29-11-28-16-19(24)26-10-27-20(16)29/h2-6,10-11,14-15,17-18,22,30-31H,1,7-9,23H2,(H,25,32)(H2,24,26,27)/t14-,15+,17+,18+,22+/m0/s1. The average molecular weight is 470 g/mol. The zero-order valence-electron chi connectivity index (χ0n) is 18.3. The lowest BCUT2D eigenvalue weighted by Gasteiger charge is -2.18. The summed E-state index contributed by atoms with van der Waals surface area (Å²) in [6, 6.07) is 6.46. The zero-order valence-corrected chi connectivity index (χ0v) is 18.3. The Morgan fingerprint density at radius 2 is 2.03 bits per heavy atom. The summed E-state index contributed by atoms with van der Waals surface area (Å²) >= 11 is 0. The molecule has 1 aromatic carbocycles. The Morgan fingerprint density at radius 1 is 1.26 bits per heavy atom. The third-order valence-corrected chi connectivity index (χ3v) is 5.56. The number of amides is 1. The normalized spacial score (nSPS) is 23.0. The molecule has 0 radical (unpaired) electrons. The quantitative estimate of drug-likeness (QED) is 0.251. The van der Waals surface area contributed by atoms with Gasteiger partial charge in [-0.1, -0.05) is 24.8 Å². The highest BCUT2D eigenvalue weighted by atomic mass is 16.6. The van der Waals surface area contributed by atoms with Gasteiger partial charge in [-0.3, -0.25) is 9.36 Å². The summed E-state index contributed by atoms with van der Waals surface area (Å²) in [6.07, 6.45) is 0.292. The summed E-state index contributed by atoms with van der Waals surface area (Å²) in [5, 5.41) is 23.7. The Morgan fingerprint density at radius 3 is 2.76 bits per heavy atom. The number of nitrogens with zero attached hydrogens (tertiary/aromatic N) is 4. The topological polar surface area (TPSA) is 184 Å². The van der Waals surface area contributed by atoms with Gasteiger partial charge < -0.3 is 36.5 Å². The summed E-state index contributed by atoms with van der Waals surface area (Å²) in [6.45, 7) is 3.97. The van der Waals surface area contributed by atoms with Crippen LogP contribution in [0.5, 0.6) is 5.75 Å². The van der Waals surface area contributed by atoms with E-state index >= 15 is 0 Å². The number of benzene rings is 1. The molecular weight excluding hydrogens is 442 g/mol. The minimum atomic E-state index is -1.27. The molecule has 5 atom stereocenters. The monoisotopic (exact) mass is 469 g/mol. The van der Waals surface area contributed by atoms with Crippen molar-refractivity contribution in [1.29, 1.82) is 0 Å². The van der Waals surface area contributed by atoms with Gasteiger partial charge in [0.25, 0.3) is 0 Å². The smallest absolute Gasteiger partial charge is 0.237 e. The largest absolute Gasteiger partial charge is 0.490 e. The van der Waals surface area contributed by atoms with Gasteiger partial charge in [0.05, 0.1) is 12.4 Å². The second-order valence-electron chi connectivity index (χ2n) is 7.93. The van der Waals surface area contributed by atoms with E-state index in [1.807, 2.05) is 12.1 Å². The number of hydrogen-bond acceptors (Lipinski definition) is 10. The second kappa shape index (κ2) is 10.1. The van der Waals surface area contributed by atoms with E-state index in [4.69, 9.17) is 20.9 Å². The third kappa shape index (κ3) is 4.84. The minimum Gasteiger partial charge on any atom is -0.490 e. The van der Waals surface area contributed by atoms with E-state index in [2.05, 4.69) is 26.8 Å². The van der Waals surface area contributed by atoms with Crippen molar-refractivity contribution in [1.82, 2.24) is 24.8 Å². The van der Waals surface area contributed by atoms with Crippen LogP contribution >= 0.6 is 0 Å². The van der Waals surface area contributed by atoms with E-state index in [1.54, 1.807) is 18.2 Å². The maximum atomic E-state index is 12.5. The van der Waals surface area contributed by atoms with Gasteiger partial charge in [-0.2, -0.15) is 0 Å². The van der Waals surface area contributed by atoms with E-state index < -0.39 is 36.5 Å². The third-order valence-electron chi connectivity index (χ3n) is 5.56. The Labute approximate surface area is 195 Å². The van der Waals surface area contributed by atoms with E-state index in [0.29, 0.717) is 29.9 Å². The minimum absolute atomic E-state index is 0.0423. The molecule has 1 amide bonds. The lowest BCUT2D eigenvalue weighted by Crippen LogP contribution is -2.46. The molecule has 12 nitrogen and oxygen atoms in total. The number of imidazole rings is 1. The number of aliphatic hydroxyl groups excluding tert-OH is 2. The van der Waals surface area contributed by atoms with Gasteiger partial charge in [-0.25, -0.2) is 15.0 Å². The predicted octanol–water partition coefficient (Wildman–Crippen LogP) is -0.721. The fourth-order valence-corrected chi connectivity index (χ4v) is 3.74. The second-order valence-corrected chi connectivity index (χ2v) is 7.93. The summed E-state index contributed by atoms with van der Waals surface area (Å²) in [4.78, 5) is 24.7. The number of aliphatic hydroxyl groups is 2. The van der Waals surface area contributed by atoms with Crippen LogP contribution in [0.15, 0.2) is 49.6 Å². The number of anilines is 1. The van der Waals surface area contributed by atoms with Crippen LogP contribution in [0.3, 0.4) is 0 Å². The molecule has 0 spiro atoms. The molecule has 2 aromatic heterocycles. The summed E-state index contributed by atoms with van der Waals surface area (Å²) in [5.74, 6) is 0.477. The van der Waals surface area contributed by atoms with E-state index in [-0.39, 0.29) is 12.4 Å². The van der Waals surface area contributed by atoms with Crippen molar-refractivity contribution in [3.63, 3.8) is 0 Å². The molecule has 1 aliphatic rings. The lowest BCUT2D eigenvalue weighted by molar-refractivity contribution is -0.123. The highest BCUT2D eigenvalue weighted by Gasteiger charge is 2.44. The molecule has 0 saturated carbocycles. The Bertz CT molecular complexity index is 1150. The number of ether oxygens (including phenoxy) is 2. The van der Waals surface area contributed by atoms with E-state index in [1.165, 1.54) is 17.2 Å². The molecule has 1 saturated heterocycles. The Hall–Kier alpha value is -3.58. The van der Waals surface area contributed by atoms with E-state index in [9.17, 15) is 15.0 Å². The van der Waals surface area contributed by atoms with Crippen LogP contribution in [0.2, 0.25) is 0 Å². The molecular formula is C22H27N7O5. The molecule has 1 aliphatic heterocycles. The number of carbonyl (C=O) groups is 1. The summed E-state index contributed by atoms with van der Waals surface area (Å²) in [7, 11) is 0. The molecule has 0 unspecified atom stereocenters. The number of nitrogen functional groups attached to an aromatic ring is 1. The molecule has 1 fully saturated rings. The molecule has 0 bridgehead atoms. The van der Waals surface area contributed by atoms with Gasteiger partial charge in [0.15, 0.2) is 17.7 Å². The van der Waals surface area contributed by atoms with E-state index in [0.717, 1.165) is 5.56 Å². The highest BCUT2D eigenvalue weighted by molar-refractivity contribution is 5.82. The Kier molecular flexibility index (Phi) is 7.03. The van der Waals surface area contributed by atoms with Crippen LogP contribution in [-0.2, 0) is 16.0 Å². The number of nitrogens with one attached hydrogen (secondary N) is 1. The first-order valence-electron chi connectivity index (χ1n) is 10.7. The molecule has 7 N–H and O–H groups in total. The van der Waals surface area contributed by atoms with Crippen molar-refractivity contribution in [2.45, 2.75) is 37.0 Å². The number of nitrogens with two attached hydrogens (primary N) is 2. The van der Waals surface area contributed by atoms with Gasteiger partial charge in [0.2, 0.25) is 5.91 Å². The first kappa shape index (κ1) is 23.6. The van der Waals surface area contributed by atoms with Crippen LogP contribution in [0.25, 0.3) is 11.2 Å². The van der Waals surface area contributed by atoms with Gasteiger partial charge in [-0.15, -0.1) is 0 Å². The van der Waals surface area contributed by atoms with Crippen LogP contribution in [0, 0.1) is 0 Å². The van der Waals surface area contributed by atoms with Crippen molar-refractivity contribution >= 4 is 22.9 Å². The fourth-order valence-electron chi connectivity index (χ4n) is 3.74. The van der Waals surface area contributed by atoms with Crippen molar-refractivity contribution in [3.05, 3.63) is 55.1 Å². The number of rotatable bonds is 9. The summed E-state index contributed by atoms with van der Waals surface area (Å²) < 4.78 is 12.7. The first-order valence-corrected chi connectivity index (χ1v) is 10.7. The van der Waals surface area contributed by atoms with Gasteiger partial charge >= 0.3 is 0 Å². The molecule has 3 aromatic rings. The number of carbonyl (C=O) groups excluding carboxylic acids is 1. The number of aromatic nitrogens is 4. The van der Waals surface area contributed by atoms with Gasteiger partial charge in [0, 0.05) is 6.54 Å².